The van der Waals surface area contributed by atoms with Crippen molar-refractivity contribution in [3.63, 3.8) is 0 Å². The quantitative estimate of drug-likeness (QED) is 0.936. The lowest BCUT2D eigenvalue weighted by atomic mass is 10.2. The second-order valence-corrected chi connectivity index (χ2v) is 4.97. The first-order valence-electron chi connectivity index (χ1n) is 6.79. The van der Waals surface area contributed by atoms with Gasteiger partial charge in [-0.05, 0) is 5.56 Å². The molecule has 1 fully saturated rings. The summed E-state index contributed by atoms with van der Waals surface area (Å²) in [5.41, 5.74) is 0.915. The smallest absolute Gasteiger partial charge is 0.410 e. The molecule has 1 aromatic heterocycles. The summed E-state index contributed by atoms with van der Waals surface area (Å²) in [6.07, 6.45) is 2.31. The van der Waals surface area contributed by atoms with Gasteiger partial charge in [0.2, 0.25) is 5.89 Å². The van der Waals surface area contributed by atoms with Crippen LogP contribution in [-0.2, 0) is 11.3 Å². The SMILES string of the molecule is O=C(OCc1ccccc1)N1C[C@@H](O)C[C@H]1c1ncco1. The summed E-state index contributed by atoms with van der Waals surface area (Å²) < 4.78 is 10.5. The number of benzene rings is 1. The molecule has 1 aromatic carbocycles. The largest absolute Gasteiger partial charge is 0.447 e. The minimum absolute atomic E-state index is 0.199. The molecule has 0 saturated carbocycles. The molecule has 2 heterocycles. The Hall–Kier alpha value is -2.34. The van der Waals surface area contributed by atoms with Crippen molar-refractivity contribution < 1.29 is 19.1 Å². The van der Waals surface area contributed by atoms with Gasteiger partial charge in [0.1, 0.15) is 18.9 Å². The molecule has 3 rings (SSSR count). The topological polar surface area (TPSA) is 75.8 Å². The fourth-order valence-corrected chi connectivity index (χ4v) is 2.45. The van der Waals surface area contributed by atoms with Crippen LogP contribution in [0.15, 0.2) is 47.2 Å². The average molecular weight is 288 g/mol. The van der Waals surface area contributed by atoms with Crippen molar-refractivity contribution in [3.8, 4) is 0 Å². The van der Waals surface area contributed by atoms with Gasteiger partial charge in [0.05, 0.1) is 18.8 Å². The summed E-state index contributed by atoms with van der Waals surface area (Å²) >= 11 is 0. The van der Waals surface area contributed by atoms with E-state index in [9.17, 15) is 9.90 Å². The molecule has 0 spiro atoms. The molecule has 1 N–H and O–H groups in total. The molecule has 6 nitrogen and oxygen atoms in total. The highest BCUT2D eigenvalue weighted by Crippen LogP contribution is 2.31. The second-order valence-electron chi connectivity index (χ2n) is 4.97. The lowest BCUT2D eigenvalue weighted by Crippen LogP contribution is -2.32. The number of carbonyl (C=O) groups excluding carboxylic acids is 1. The maximum atomic E-state index is 12.2. The van der Waals surface area contributed by atoms with Crippen LogP contribution in [0.4, 0.5) is 4.79 Å². The highest BCUT2D eigenvalue weighted by molar-refractivity contribution is 5.68. The number of aromatic nitrogens is 1. The number of ether oxygens (including phenoxy) is 1. The summed E-state index contributed by atoms with van der Waals surface area (Å²) in [7, 11) is 0. The minimum atomic E-state index is -0.592. The molecule has 0 bridgehead atoms. The van der Waals surface area contributed by atoms with E-state index in [-0.39, 0.29) is 19.2 Å². The molecule has 0 aliphatic carbocycles. The first kappa shape index (κ1) is 13.6. The number of likely N-dealkylation sites (tertiary alicyclic amines) is 1. The van der Waals surface area contributed by atoms with Crippen molar-refractivity contribution in [3.05, 3.63) is 54.2 Å². The van der Waals surface area contributed by atoms with Crippen LogP contribution < -0.4 is 0 Å². The molecule has 110 valence electrons. The number of aliphatic hydroxyl groups is 1. The van der Waals surface area contributed by atoms with Gasteiger partial charge in [-0.2, -0.15) is 0 Å². The van der Waals surface area contributed by atoms with E-state index >= 15 is 0 Å². The van der Waals surface area contributed by atoms with E-state index in [0.29, 0.717) is 12.3 Å². The average Bonchev–Trinajstić information content (AvgIpc) is 3.14. The van der Waals surface area contributed by atoms with Crippen LogP contribution in [0.2, 0.25) is 0 Å². The van der Waals surface area contributed by atoms with Crippen molar-refractivity contribution in [2.75, 3.05) is 6.54 Å². The van der Waals surface area contributed by atoms with E-state index in [2.05, 4.69) is 4.98 Å². The van der Waals surface area contributed by atoms with Crippen molar-refractivity contribution in [2.24, 2.45) is 0 Å². The van der Waals surface area contributed by atoms with Gasteiger partial charge in [0, 0.05) is 6.42 Å². The predicted molar refractivity (Wildman–Crippen MR) is 73.2 cm³/mol. The molecule has 2 aromatic rings. The highest BCUT2D eigenvalue weighted by atomic mass is 16.6. The lowest BCUT2D eigenvalue weighted by Gasteiger charge is -2.21. The number of oxazole rings is 1. The van der Waals surface area contributed by atoms with E-state index in [1.165, 1.54) is 17.4 Å². The van der Waals surface area contributed by atoms with Crippen LogP contribution in [0.5, 0.6) is 0 Å². The molecular formula is C15H16N2O4. The van der Waals surface area contributed by atoms with Gasteiger partial charge in [-0.1, -0.05) is 30.3 Å². The Morgan fingerprint density at radius 3 is 2.95 bits per heavy atom. The van der Waals surface area contributed by atoms with Crippen LogP contribution in [-0.4, -0.2) is 33.7 Å². The Balaban J connectivity index is 1.65. The Morgan fingerprint density at radius 2 is 2.24 bits per heavy atom. The molecule has 6 heteroatoms. The summed E-state index contributed by atoms with van der Waals surface area (Å²) in [6, 6.07) is 9.07. The zero-order valence-electron chi connectivity index (χ0n) is 11.4. The molecule has 1 aliphatic heterocycles. The number of β-amino-alcohol motifs (C(OH)–C–C–N with tert-alkyl or cyclic N) is 1. The third-order valence-corrected chi connectivity index (χ3v) is 3.46. The van der Waals surface area contributed by atoms with Crippen LogP contribution >= 0.6 is 0 Å². The first-order valence-corrected chi connectivity index (χ1v) is 6.79. The molecule has 0 unspecified atom stereocenters. The van der Waals surface area contributed by atoms with E-state index in [1.54, 1.807) is 0 Å². The Morgan fingerprint density at radius 1 is 1.43 bits per heavy atom. The van der Waals surface area contributed by atoms with Crippen LogP contribution in [0.1, 0.15) is 23.9 Å². The van der Waals surface area contributed by atoms with Gasteiger partial charge in [-0.25, -0.2) is 9.78 Å². The zero-order chi connectivity index (χ0) is 14.7. The summed E-state index contributed by atoms with van der Waals surface area (Å²) in [6.45, 7) is 0.422. The highest BCUT2D eigenvalue weighted by Gasteiger charge is 2.38. The zero-order valence-corrected chi connectivity index (χ0v) is 11.4. The third-order valence-electron chi connectivity index (χ3n) is 3.46. The molecular weight excluding hydrogens is 272 g/mol. The van der Waals surface area contributed by atoms with Gasteiger partial charge >= 0.3 is 6.09 Å². The molecule has 21 heavy (non-hydrogen) atoms. The normalized spacial score (nSPS) is 21.5. The molecule has 2 atom stereocenters. The molecule has 0 radical (unpaired) electrons. The lowest BCUT2D eigenvalue weighted by molar-refractivity contribution is 0.0841. The predicted octanol–water partition coefficient (Wildman–Crippen LogP) is 2.12. The maximum absolute atomic E-state index is 12.2. The van der Waals surface area contributed by atoms with Crippen LogP contribution in [0.25, 0.3) is 0 Å². The number of rotatable bonds is 3. The standard InChI is InChI=1S/C15H16N2O4/c18-12-8-13(14-16-6-7-20-14)17(9-12)15(19)21-10-11-4-2-1-3-5-11/h1-7,12-13,18H,8-10H2/t12-,13-/m0/s1. The van der Waals surface area contributed by atoms with Crippen molar-refractivity contribution >= 4 is 6.09 Å². The summed E-state index contributed by atoms with van der Waals surface area (Å²) in [5, 5.41) is 9.78. The van der Waals surface area contributed by atoms with Crippen molar-refractivity contribution in [1.82, 2.24) is 9.88 Å². The molecule has 1 saturated heterocycles. The van der Waals surface area contributed by atoms with Crippen LogP contribution in [0, 0.1) is 0 Å². The van der Waals surface area contributed by atoms with Crippen LogP contribution in [0.3, 0.4) is 0 Å². The van der Waals surface area contributed by atoms with E-state index < -0.39 is 12.2 Å². The third kappa shape index (κ3) is 3.05. The van der Waals surface area contributed by atoms with Gasteiger partial charge < -0.3 is 14.3 Å². The second kappa shape index (κ2) is 5.97. The number of hydrogen-bond acceptors (Lipinski definition) is 5. The Kier molecular flexibility index (Phi) is 3.87. The molecule has 1 amide bonds. The van der Waals surface area contributed by atoms with Gasteiger partial charge in [0.25, 0.3) is 0 Å². The Bertz CT molecular complexity index is 585. The number of amides is 1. The number of nitrogens with zero attached hydrogens (tertiary/aromatic N) is 2. The van der Waals surface area contributed by atoms with E-state index in [1.807, 2.05) is 30.3 Å². The van der Waals surface area contributed by atoms with Gasteiger partial charge in [-0.3, -0.25) is 4.90 Å². The maximum Gasteiger partial charge on any atom is 0.410 e. The molecule has 1 aliphatic rings. The van der Waals surface area contributed by atoms with Crippen molar-refractivity contribution in [2.45, 2.75) is 25.2 Å². The number of hydrogen-bond donors (Lipinski definition) is 1. The monoisotopic (exact) mass is 288 g/mol. The van der Waals surface area contributed by atoms with Crippen molar-refractivity contribution in [1.29, 1.82) is 0 Å². The Labute approximate surface area is 122 Å². The minimum Gasteiger partial charge on any atom is -0.447 e. The van der Waals surface area contributed by atoms with Gasteiger partial charge in [0.15, 0.2) is 0 Å². The summed E-state index contributed by atoms with van der Waals surface area (Å²) in [5.74, 6) is 0.420. The fraction of sp³-hybridized carbons (Fsp3) is 0.333. The number of carbonyl (C=O) groups is 1. The fourth-order valence-electron chi connectivity index (χ4n) is 2.45. The number of aliphatic hydroxyl groups excluding tert-OH is 1. The first-order chi connectivity index (χ1) is 10.2. The van der Waals surface area contributed by atoms with Gasteiger partial charge in [-0.15, -0.1) is 0 Å². The summed E-state index contributed by atoms with van der Waals surface area (Å²) in [4.78, 5) is 17.7. The van der Waals surface area contributed by atoms with E-state index in [4.69, 9.17) is 9.15 Å². The van der Waals surface area contributed by atoms with E-state index in [0.717, 1.165) is 5.56 Å².